The second-order valence-electron chi connectivity index (χ2n) is 15.0. The van der Waals surface area contributed by atoms with Crippen LogP contribution in [0.2, 0.25) is 0 Å². The number of hydrogen-bond acceptors (Lipinski definition) is 0. The predicted molar refractivity (Wildman–Crippen MR) is 196 cm³/mol. The molecule has 10 rings (SSSR count). The molecule has 226 valence electrons. The SMILES string of the molecule is CC1(C)c2cc3c(cc2-c2c(-c4cccc(-c5ccccc5)c4)cccc21)c1c(n3-c2ccccc2)C2c3ccccc3C1C2(C)C. The van der Waals surface area contributed by atoms with Gasteiger partial charge in [-0.2, -0.15) is 0 Å². The van der Waals surface area contributed by atoms with Gasteiger partial charge in [-0.05, 0) is 96.9 Å². The van der Waals surface area contributed by atoms with Crippen LogP contribution in [0.1, 0.15) is 73.0 Å². The summed E-state index contributed by atoms with van der Waals surface area (Å²) >= 11 is 0. The largest absolute Gasteiger partial charge is 0.313 e. The van der Waals surface area contributed by atoms with Crippen molar-refractivity contribution in [3.05, 3.63) is 173 Å². The zero-order valence-electron chi connectivity index (χ0n) is 27.4. The molecule has 2 atom stereocenters. The molecule has 7 aromatic rings. The summed E-state index contributed by atoms with van der Waals surface area (Å²) in [6.45, 7) is 9.82. The average Bonchev–Trinajstić information content (AvgIpc) is 3.71. The first-order chi connectivity index (χ1) is 22.9. The molecular formula is C46H37N. The summed E-state index contributed by atoms with van der Waals surface area (Å²) < 4.78 is 2.62. The molecule has 3 aliphatic carbocycles. The predicted octanol–water partition coefficient (Wildman–Crippen LogP) is 11.9. The van der Waals surface area contributed by atoms with Crippen LogP contribution in [0.4, 0.5) is 0 Å². The van der Waals surface area contributed by atoms with Gasteiger partial charge in [-0.15, -0.1) is 0 Å². The molecule has 0 amide bonds. The third kappa shape index (κ3) is 3.44. The Bertz CT molecular complexity index is 2400. The topological polar surface area (TPSA) is 4.93 Å². The zero-order chi connectivity index (χ0) is 31.7. The van der Waals surface area contributed by atoms with Gasteiger partial charge in [0.1, 0.15) is 0 Å². The molecule has 0 fully saturated rings. The Morgan fingerprint density at radius 1 is 0.511 bits per heavy atom. The van der Waals surface area contributed by atoms with E-state index in [-0.39, 0.29) is 10.8 Å². The number of benzene rings is 6. The van der Waals surface area contributed by atoms with Gasteiger partial charge in [0, 0.05) is 34.0 Å². The van der Waals surface area contributed by atoms with Crippen LogP contribution in [0.15, 0.2) is 140 Å². The third-order valence-corrected chi connectivity index (χ3v) is 11.8. The van der Waals surface area contributed by atoms with E-state index in [0.717, 1.165) is 0 Å². The van der Waals surface area contributed by atoms with E-state index < -0.39 is 0 Å². The molecule has 0 saturated heterocycles. The monoisotopic (exact) mass is 603 g/mol. The van der Waals surface area contributed by atoms with Gasteiger partial charge >= 0.3 is 0 Å². The van der Waals surface area contributed by atoms with Crippen LogP contribution in [0.3, 0.4) is 0 Å². The van der Waals surface area contributed by atoms with Crippen molar-refractivity contribution in [3.8, 4) is 39.1 Å². The van der Waals surface area contributed by atoms with Gasteiger partial charge in [0.05, 0.1) is 5.52 Å². The van der Waals surface area contributed by atoms with E-state index in [2.05, 4.69) is 172 Å². The fourth-order valence-electron chi connectivity index (χ4n) is 9.82. The maximum Gasteiger partial charge on any atom is 0.0538 e. The van der Waals surface area contributed by atoms with Crippen molar-refractivity contribution >= 4 is 10.9 Å². The molecule has 6 aromatic carbocycles. The second-order valence-corrected chi connectivity index (χ2v) is 15.0. The number of fused-ring (bicyclic) bond motifs is 13. The standard InChI is InChI=1S/C46H37N/c1-45(2)37-24-14-23-32(30-18-13-17-29(25-30)28-15-7-5-8-16-28)40(37)35-26-36-39(27-38(35)45)47(31-19-9-6-10-20-31)44-41(36)42-33-21-11-12-22-34(33)43(44)46(42,3)4/h5-27,42-43H,1-4H3. The minimum absolute atomic E-state index is 0.109. The molecular weight excluding hydrogens is 567 g/mol. The van der Waals surface area contributed by atoms with Crippen LogP contribution < -0.4 is 0 Å². The fraction of sp³-hybridized carbons (Fsp3) is 0.174. The minimum Gasteiger partial charge on any atom is -0.313 e. The Morgan fingerprint density at radius 2 is 1.15 bits per heavy atom. The zero-order valence-corrected chi connectivity index (χ0v) is 27.4. The first-order valence-corrected chi connectivity index (χ1v) is 17.0. The van der Waals surface area contributed by atoms with Crippen molar-refractivity contribution in [3.63, 3.8) is 0 Å². The summed E-state index contributed by atoms with van der Waals surface area (Å²) in [5, 5.41) is 1.41. The molecule has 3 aliphatic rings. The van der Waals surface area contributed by atoms with Crippen molar-refractivity contribution in [2.75, 3.05) is 0 Å². The number of rotatable bonds is 3. The molecule has 0 aliphatic heterocycles. The summed E-state index contributed by atoms with van der Waals surface area (Å²) in [6, 6.07) is 52.2. The van der Waals surface area contributed by atoms with Crippen molar-refractivity contribution in [1.82, 2.24) is 4.57 Å². The lowest BCUT2D eigenvalue weighted by Gasteiger charge is -2.27. The lowest BCUT2D eigenvalue weighted by atomic mass is 9.77. The number of aromatic nitrogens is 1. The van der Waals surface area contributed by atoms with Gasteiger partial charge in [0.15, 0.2) is 0 Å². The van der Waals surface area contributed by atoms with Crippen LogP contribution in [0.25, 0.3) is 50.0 Å². The van der Waals surface area contributed by atoms with E-state index in [9.17, 15) is 0 Å². The summed E-state index contributed by atoms with van der Waals surface area (Å²) in [6.07, 6.45) is 0. The van der Waals surface area contributed by atoms with Crippen molar-refractivity contribution in [1.29, 1.82) is 0 Å². The van der Waals surface area contributed by atoms with Crippen molar-refractivity contribution < 1.29 is 0 Å². The number of nitrogens with zero attached hydrogens (tertiary/aromatic N) is 1. The summed E-state index contributed by atoms with van der Waals surface area (Å²) in [7, 11) is 0. The smallest absolute Gasteiger partial charge is 0.0538 e. The van der Waals surface area contributed by atoms with Gasteiger partial charge in [-0.3, -0.25) is 0 Å². The highest BCUT2D eigenvalue weighted by Gasteiger charge is 2.57. The average molecular weight is 604 g/mol. The van der Waals surface area contributed by atoms with Gasteiger partial charge in [0.2, 0.25) is 0 Å². The number of hydrogen-bond donors (Lipinski definition) is 0. The third-order valence-electron chi connectivity index (χ3n) is 11.8. The van der Waals surface area contributed by atoms with E-state index in [1.807, 2.05) is 0 Å². The van der Waals surface area contributed by atoms with E-state index in [0.29, 0.717) is 11.8 Å². The van der Waals surface area contributed by atoms with Crippen LogP contribution in [-0.2, 0) is 5.41 Å². The Morgan fingerprint density at radius 3 is 1.91 bits per heavy atom. The van der Waals surface area contributed by atoms with Gasteiger partial charge in [-0.1, -0.05) is 137 Å². The maximum absolute atomic E-state index is 2.62. The Kier molecular flexibility index (Phi) is 5.31. The Labute approximate surface area is 277 Å². The molecule has 0 saturated carbocycles. The molecule has 1 aromatic heterocycles. The van der Waals surface area contributed by atoms with Crippen molar-refractivity contribution in [2.24, 2.45) is 5.41 Å². The molecule has 1 nitrogen and oxygen atoms in total. The van der Waals surface area contributed by atoms with Crippen molar-refractivity contribution in [2.45, 2.75) is 44.9 Å². The fourth-order valence-corrected chi connectivity index (χ4v) is 9.82. The van der Waals surface area contributed by atoms with E-state index >= 15 is 0 Å². The highest BCUT2D eigenvalue weighted by atomic mass is 15.0. The Hall–Kier alpha value is -5.14. The van der Waals surface area contributed by atoms with Crippen LogP contribution >= 0.6 is 0 Å². The van der Waals surface area contributed by atoms with Gasteiger partial charge in [0.25, 0.3) is 0 Å². The first kappa shape index (κ1) is 27.0. The normalized spacial score (nSPS) is 19.0. The second kappa shape index (κ2) is 9.23. The molecule has 0 N–H and O–H groups in total. The van der Waals surface area contributed by atoms with Crippen LogP contribution in [-0.4, -0.2) is 4.57 Å². The van der Waals surface area contributed by atoms with E-state index in [4.69, 9.17) is 0 Å². The van der Waals surface area contributed by atoms with Gasteiger partial charge in [-0.25, -0.2) is 0 Å². The van der Waals surface area contributed by atoms with Crippen LogP contribution in [0.5, 0.6) is 0 Å². The molecule has 1 heteroatoms. The van der Waals surface area contributed by atoms with E-state index in [1.165, 1.54) is 83.5 Å². The molecule has 47 heavy (non-hydrogen) atoms. The summed E-state index contributed by atoms with van der Waals surface area (Å²) in [4.78, 5) is 0. The summed E-state index contributed by atoms with van der Waals surface area (Å²) in [5.74, 6) is 0.730. The van der Waals surface area contributed by atoms with Gasteiger partial charge < -0.3 is 4.57 Å². The molecule has 2 unspecified atom stereocenters. The molecule has 1 heterocycles. The molecule has 0 spiro atoms. The van der Waals surface area contributed by atoms with E-state index in [1.54, 1.807) is 0 Å². The number of para-hydroxylation sites is 1. The quantitative estimate of drug-likeness (QED) is 0.189. The highest BCUT2D eigenvalue weighted by Crippen LogP contribution is 2.69. The lowest BCUT2D eigenvalue weighted by Crippen LogP contribution is -2.18. The highest BCUT2D eigenvalue weighted by molar-refractivity contribution is 6.01. The Balaban J connectivity index is 1.27. The summed E-state index contributed by atoms with van der Waals surface area (Å²) in [5.41, 5.74) is 19.3. The molecule has 0 radical (unpaired) electrons. The maximum atomic E-state index is 2.62. The van der Waals surface area contributed by atoms with Crippen LogP contribution in [0, 0.1) is 5.41 Å². The minimum atomic E-state index is -0.122. The lowest BCUT2D eigenvalue weighted by molar-refractivity contribution is 0.337. The molecule has 2 bridgehead atoms. The first-order valence-electron chi connectivity index (χ1n) is 17.0.